The largest absolute Gasteiger partial charge is 0.359 e. The molecule has 2 N–H and O–H groups in total. The van der Waals surface area contributed by atoms with Crippen molar-refractivity contribution in [3.05, 3.63) is 34.1 Å². The summed E-state index contributed by atoms with van der Waals surface area (Å²) in [5.41, 5.74) is -0.384. The van der Waals surface area contributed by atoms with Crippen LogP contribution < -0.4 is 10.6 Å². The monoisotopic (exact) mass is 330 g/mol. The second kappa shape index (κ2) is 6.14. The molecule has 4 nitrogen and oxygen atoms in total. The maximum atomic E-state index is 12.9. The van der Waals surface area contributed by atoms with Crippen LogP contribution in [0.4, 0.5) is 4.39 Å². The van der Waals surface area contributed by atoms with E-state index in [4.69, 9.17) is 0 Å². The molecule has 0 heterocycles. The second-order valence-electron chi connectivity index (χ2n) is 4.77. The first-order valence-electron chi connectivity index (χ1n) is 5.73. The number of nitrogens with one attached hydrogen (secondary N) is 2. The third kappa shape index (κ3) is 4.02. The van der Waals surface area contributed by atoms with Gasteiger partial charge in [0.2, 0.25) is 5.91 Å². The lowest BCUT2D eigenvalue weighted by molar-refractivity contribution is -0.128. The minimum absolute atomic E-state index is 0.161. The fraction of sp³-hybridized carbons (Fsp3) is 0.385. The van der Waals surface area contributed by atoms with Gasteiger partial charge in [0, 0.05) is 18.1 Å². The number of hydrogen-bond acceptors (Lipinski definition) is 2. The molecule has 0 spiro atoms. The third-order valence-corrected chi connectivity index (χ3v) is 3.36. The van der Waals surface area contributed by atoms with E-state index in [9.17, 15) is 14.0 Å². The SMILES string of the molecule is CNC(=O)C(C)(C)CNC(=O)c1ccc(F)cc1Br. The Bertz CT molecular complexity index is 503. The lowest BCUT2D eigenvalue weighted by Gasteiger charge is -2.22. The Kier molecular flexibility index (Phi) is 5.05. The van der Waals surface area contributed by atoms with Crippen LogP contribution in [0.2, 0.25) is 0 Å². The molecule has 0 unspecified atom stereocenters. The highest BCUT2D eigenvalue weighted by atomic mass is 79.9. The van der Waals surface area contributed by atoms with Gasteiger partial charge in [-0.05, 0) is 48.0 Å². The van der Waals surface area contributed by atoms with Gasteiger partial charge in [0.05, 0.1) is 11.0 Å². The topological polar surface area (TPSA) is 58.2 Å². The molecule has 0 radical (unpaired) electrons. The van der Waals surface area contributed by atoms with Crippen molar-refractivity contribution in [2.24, 2.45) is 5.41 Å². The summed E-state index contributed by atoms with van der Waals surface area (Å²) in [5, 5.41) is 5.20. The van der Waals surface area contributed by atoms with Crippen LogP contribution in [0.5, 0.6) is 0 Å². The first-order valence-corrected chi connectivity index (χ1v) is 6.52. The molecule has 104 valence electrons. The van der Waals surface area contributed by atoms with E-state index in [1.165, 1.54) is 18.2 Å². The fourth-order valence-electron chi connectivity index (χ4n) is 1.49. The van der Waals surface area contributed by atoms with Crippen LogP contribution in [0.3, 0.4) is 0 Å². The summed E-state index contributed by atoms with van der Waals surface area (Å²) >= 11 is 3.13. The number of benzene rings is 1. The average molecular weight is 331 g/mol. The molecule has 1 aromatic rings. The van der Waals surface area contributed by atoms with Crippen LogP contribution in [-0.2, 0) is 4.79 Å². The lowest BCUT2D eigenvalue weighted by Crippen LogP contribution is -2.43. The number of hydrogen-bond donors (Lipinski definition) is 2. The van der Waals surface area contributed by atoms with Crippen molar-refractivity contribution in [3.63, 3.8) is 0 Å². The van der Waals surface area contributed by atoms with Crippen molar-refractivity contribution in [2.75, 3.05) is 13.6 Å². The van der Waals surface area contributed by atoms with Gasteiger partial charge in [-0.25, -0.2) is 4.39 Å². The molecule has 0 atom stereocenters. The molecular formula is C13H16BrFN2O2. The minimum Gasteiger partial charge on any atom is -0.359 e. The van der Waals surface area contributed by atoms with Gasteiger partial charge in [0.1, 0.15) is 5.82 Å². The molecule has 0 aromatic heterocycles. The standard InChI is InChI=1S/C13H16BrFN2O2/c1-13(2,12(19)16-3)7-17-11(18)9-5-4-8(15)6-10(9)14/h4-6H,7H2,1-3H3,(H,16,19)(H,17,18). The minimum atomic E-state index is -0.711. The van der Waals surface area contributed by atoms with Gasteiger partial charge in [-0.3, -0.25) is 9.59 Å². The fourth-order valence-corrected chi connectivity index (χ4v) is 2.02. The van der Waals surface area contributed by atoms with Crippen LogP contribution in [-0.4, -0.2) is 25.4 Å². The van der Waals surface area contributed by atoms with Crippen molar-refractivity contribution in [2.45, 2.75) is 13.8 Å². The Morgan fingerprint density at radius 3 is 2.53 bits per heavy atom. The Hall–Kier alpha value is -1.43. The van der Waals surface area contributed by atoms with Crippen molar-refractivity contribution < 1.29 is 14.0 Å². The van der Waals surface area contributed by atoms with Crippen LogP contribution >= 0.6 is 15.9 Å². The molecule has 0 fully saturated rings. The summed E-state index contributed by atoms with van der Waals surface area (Å²) in [6, 6.07) is 3.82. The van der Waals surface area contributed by atoms with Crippen molar-refractivity contribution in [1.29, 1.82) is 0 Å². The van der Waals surface area contributed by atoms with Gasteiger partial charge < -0.3 is 10.6 Å². The van der Waals surface area contributed by atoms with Gasteiger partial charge in [-0.1, -0.05) is 0 Å². The highest BCUT2D eigenvalue weighted by Gasteiger charge is 2.27. The van der Waals surface area contributed by atoms with Crippen LogP contribution in [0.15, 0.2) is 22.7 Å². The molecule has 0 bridgehead atoms. The van der Waals surface area contributed by atoms with E-state index in [1.54, 1.807) is 20.9 Å². The molecule has 0 aliphatic heterocycles. The maximum absolute atomic E-state index is 12.9. The van der Waals surface area contributed by atoms with E-state index in [0.29, 0.717) is 10.0 Å². The lowest BCUT2D eigenvalue weighted by atomic mass is 9.92. The first kappa shape index (κ1) is 15.6. The number of amides is 2. The Balaban J connectivity index is 2.73. The smallest absolute Gasteiger partial charge is 0.252 e. The second-order valence-corrected chi connectivity index (χ2v) is 5.62. The summed E-state index contributed by atoms with van der Waals surface area (Å²) in [7, 11) is 1.54. The molecule has 0 aliphatic rings. The van der Waals surface area contributed by atoms with Gasteiger partial charge in [0.25, 0.3) is 5.91 Å². The van der Waals surface area contributed by atoms with Crippen LogP contribution in [0.25, 0.3) is 0 Å². The highest BCUT2D eigenvalue weighted by molar-refractivity contribution is 9.10. The van der Waals surface area contributed by atoms with E-state index >= 15 is 0 Å². The zero-order chi connectivity index (χ0) is 14.6. The summed E-state index contributed by atoms with van der Waals surface area (Å²) < 4.78 is 13.3. The van der Waals surface area contributed by atoms with E-state index in [-0.39, 0.29) is 18.4 Å². The summed E-state index contributed by atoms with van der Waals surface area (Å²) in [6.07, 6.45) is 0. The Labute approximate surface area is 119 Å². The Morgan fingerprint density at radius 1 is 1.37 bits per heavy atom. The third-order valence-electron chi connectivity index (χ3n) is 2.71. The molecule has 0 aliphatic carbocycles. The van der Waals surface area contributed by atoms with E-state index in [2.05, 4.69) is 26.6 Å². The quantitative estimate of drug-likeness (QED) is 0.888. The molecule has 19 heavy (non-hydrogen) atoms. The van der Waals surface area contributed by atoms with Gasteiger partial charge in [-0.2, -0.15) is 0 Å². The van der Waals surface area contributed by atoms with E-state index in [0.717, 1.165) is 0 Å². The van der Waals surface area contributed by atoms with Gasteiger partial charge in [-0.15, -0.1) is 0 Å². The normalized spacial score (nSPS) is 11.0. The predicted molar refractivity (Wildman–Crippen MR) is 74.3 cm³/mol. The van der Waals surface area contributed by atoms with Gasteiger partial charge >= 0.3 is 0 Å². The van der Waals surface area contributed by atoms with Crippen molar-refractivity contribution in [3.8, 4) is 0 Å². The average Bonchev–Trinajstić information content (AvgIpc) is 2.35. The summed E-state index contributed by atoms with van der Waals surface area (Å²) in [5.74, 6) is -0.941. The number of halogens is 2. The van der Waals surface area contributed by atoms with Gasteiger partial charge in [0.15, 0.2) is 0 Å². The molecule has 6 heteroatoms. The molecule has 0 saturated heterocycles. The zero-order valence-corrected chi connectivity index (χ0v) is 12.6. The molecule has 2 amide bonds. The summed E-state index contributed by atoms with van der Waals surface area (Å²) in [4.78, 5) is 23.5. The number of rotatable bonds is 4. The van der Waals surface area contributed by atoms with Crippen LogP contribution in [0.1, 0.15) is 24.2 Å². The number of carbonyl (C=O) groups excluding carboxylic acids is 2. The predicted octanol–water partition coefficient (Wildman–Crippen LogP) is 2.09. The maximum Gasteiger partial charge on any atom is 0.252 e. The molecule has 1 rings (SSSR count). The van der Waals surface area contributed by atoms with E-state index in [1.807, 2.05) is 0 Å². The van der Waals surface area contributed by atoms with Crippen LogP contribution in [0, 0.1) is 11.2 Å². The first-order chi connectivity index (χ1) is 8.77. The number of carbonyl (C=O) groups is 2. The summed E-state index contributed by atoms with van der Waals surface area (Å²) in [6.45, 7) is 3.65. The van der Waals surface area contributed by atoms with Crippen molar-refractivity contribution in [1.82, 2.24) is 10.6 Å². The van der Waals surface area contributed by atoms with Crippen molar-refractivity contribution >= 4 is 27.7 Å². The molecule has 0 saturated carbocycles. The molecule has 1 aromatic carbocycles. The Morgan fingerprint density at radius 2 is 2.00 bits per heavy atom. The molecular weight excluding hydrogens is 315 g/mol. The van der Waals surface area contributed by atoms with E-state index < -0.39 is 11.2 Å². The zero-order valence-electron chi connectivity index (χ0n) is 11.0. The highest BCUT2D eigenvalue weighted by Crippen LogP contribution is 2.19.